The molecule has 2 aliphatic heterocycles. The maximum atomic E-state index is 13.6. The third-order valence-corrected chi connectivity index (χ3v) is 7.86. The molecule has 0 saturated carbocycles. The largest absolute Gasteiger partial charge is 0.353 e. The number of fused-ring (bicyclic) bond motifs is 1. The molecule has 0 radical (unpaired) electrons. The number of piperazine rings is 1. The van der Waals surface area contributed by atoms with E-state index in [0.717, 1.165) is 38.3 Å². The number of carbonyl (C=O) groups is 1. The van der Waals surface area contributed by atoms with Gasteiger partial charge in [-0.05, 0) is 36.7 Å². The van der Waals surface area contributed by atoms with Gasteiger partial charge in [0.2, 0.25) is 0 Å². The molecule has 3 aromatic rings. The van der Waals surface area contributed by atoms with Gasteiger partial charge in [0, 0.05) is 38.9 Å². The number of pyridine rings is 1. The number of likely N-dealkylation sites (N-methyl/N-ethyl adjacent to an activating group) is 1. The summed E-state index contributed by atoms with van der Waals surface area (Å²) in [5.41, 5.74) is 1.99. The fraction of sp³-hybridized carbons (Fsp3) is 0.308. The molecule has 4 heterocycles. The summed E-state index contributed by atoms with van der Waals surface area (Å²) in [7, 11) is 0. The number of carbonyl (C=O) groups excluding carboxylic acids is 1. The van der Waals surface area contributed by atoms with E-state index in [1.54, 1.807) is 17.2 Å². The first-order valence-corrected chi connectivity index (χ1v) is 13.1. The molecule has 0 unspecified atom stereocenters. The topological polar surface area (TPSA) is 61.2 Å². The first-order valence-electron chi connectivity index (χ1n) is 11.8. The summed E-state index contributed by atoms with van der Waals surface area (Å²) in [6.45, 7) is 7.04. The summed E-state index contributed by atoms with van der Waals surface area (Å²) >= 11 is 6.78. The van der Waals surface area contributed by atoms with Crippen LogP contribution in [-0.2, 0) is 11.2 Å². The van der Waals surface area contributed by atoms with Crippen molar-refractivity contribution in [2.75, 3.05) is 44.2 Å². The van der Waals surface area contributed by atoms with E-state index in [-0.39, 0.29) is 11.5 Å². The van der Waals surface area contributed by atoms with Crippen LogP contribution >= 0.6 is 24.0 Å². The van der Waals surface area contributed by atoms with Gasteiger partial charge in [0.15, 0.2) is 0 Å². The van der Waals surface area contributed by atoms with Gasteiger partial charge in [0.25, 0.3) is 11.5 Å². The molecule has 0 spiro atoms. The van der Waals surface area contributed by atoms with Crippen LogP contribution in [0.1, 0.15) is 18.1 Å². The summed E-state index contributed by atoms with van der Waals surface area (Å²) in [5.74, 6) is 0.474. The fourth-order valence-corrected chi connectivity index (χ4v) is 5.73. The molecule has 5 rings (SSSR count). The Morgan fingerprint density at radius 3 is 2.51 bits per heavy atom. The third kappa shape index (κ3) is 4.89. The highest BCUT2D eigenvalue weighted by Crippen LogP contribution is 2.33. The van der Waals surface area contributed by atoms with Crippen molar-refractivity contribution >= 4 is 51.7 Å². The van der Waals surface area contributed by atoms with Crippen molar-refractivity contribution in [3.8, 4) is 0 Å². The van der Waals surface area contributed by atoms with Gasteiger partial charge in [-0.3, -0.25) is 18.9 Å². The Morgan fingerprint density at radius 2 is 1.77 bits per heavy atom. The van der Waals surface area contributed by atoms with Gasteiger partial charge in [-0.2, -0.15) is 0 Å². The van der Waals surface area contributed by atoms with E-state index in [2.05, 4.69) is 16.7 Å². The van der Waals surface area contributed by atoms with Crippen LogP contribution in [0.2, 0.25) is 0 Å². The zero-order valence-corrected chi connectivity index (χ0v) is 21.2. The molecule has 2 aromatic heterocycles. The Kier molecular flexibility index (Phi) is 6.99. The number of hydrogen-bond donors (Lipinski definition) is 0. The number of rotatable bonds is 6. The van der Waals surface area contributed by atoms with Crippen molar-refractivity contribution in [2.24, 2.45) is 0 Å². The molecule has 1 amide bonds. The molecule has 9 heteroatoms. The van der Waals surface area contributed by atoms with Crippen LogP contribution in [0.3, 0.4) is 0 Å². The maximum absolute atomic E-state index is 13.6. The highest BCUT2D eigenvalue weighted by molar-refractivity contribution is 8.26. The molecule has 2 fully saturated rings. The van der Waals surface area contributed by atoms with Crippen LogP contribution < -0.4 is 10.5 Å². The van der Waals surface area contributed by atoms with Crippen molar-refractivity contribution in [2.45, 2.75) is 13.3 Å². The van der Waals surface area contributed by atoms with Gasteiger partial charge in [-0.25, -0.2) is 4.98 Å². The van der Waals surface area contributed by atoms with Crippen molar-refractivity contribution in [1.29, 1.82) is 0 Å². The molecule has 0 aliphatic carbocycles. The van der Waals surface area contributed by atoms with Gasteiger partial charge >= 0.3 is 0 Å². The third-order valence-electron chi connectivity index (χ3n) is 6.48. The minimum absolute atomic E-state index is 0.157. The number of benzene rings is 1. The standard InChI is InChI=1S/C26H27N5O2S2/c1-2-28-14-16-29(17-15-28)23-20(24(32)30-12-7-6-10-22(30)27-23)18-21-25(33)31(26(34)35-21)13-11-19-8-4-3-5-9-19/h3-10,12,18H,2,11,13-17H2,1H3. The predicted octanol–water partition coefficient (Wildman–Crippen LogP) is 3.28. The monoisotopic (exact) mass is 505 g/mol. The zero-order valence-electron chi connectivity index (χ0n) is 19.6. The quantitative estimate of drug-likeness (QED) is 0.376. The minimum atomic E-state index is -0.182. The molecular formula is C26H27N5O2S2. The first-order chi connectivity index (χ1) is 17.0. The van der Waals surface area contributed by atoms with Crippen molar-refractivity contribution in [3.05, 3.63) is 81.1 Å². The Hall–Kier alpha value is -3.01. The highest BCUT2D eigenvalue weighted by Gasteiger charge is 2.33. The van der Waals surface area contributed by atoms with E-state index in [1.165, 1.54) is 16.2 Å². The van der Waals surface area contributed by atoms with Gasteiger partial charge in [-0.15, -0.1) is 0 Å². The van der Waals surface area contributed by atoms with Crippen LogP contribution in [0.25, 0.3) is 11.7 Å². The molecule has 0 atom stereocenters. The lowest BCUT2D eigenvalue weighted by atomic mass is 10.1. The Morgan fingerprint density at radius 1 is 1.03 bits per heavy atom. The highest BCUT2D eigenvalue weighted by atomic mass is 32.2. The van der Waals surface area contributed by atoms with Crippen molar-refractivity contribution < 1.29 is 4.79 Å². The summed E-state index contributed by atoms with van der Waals surface area (Å²) < 4.78 is 2.05. The second-order valence-electron chi connectivity index (χ2n) is 8.57. The van der Waals surface area contributed by atoms with Gasteiger partial charge in [0.05, 0.1) is 10.5 Å². The summed E-state index contributed by atoms with van der Waals surface area (Å²) in [5, 5.41) is 0. The zero-order chi connectivity index (χ0) is 24.4. The van der Waals surface area contributed by atoms with Crippen LogP contribution in [0.5, 0.6) is 0 Å². The van der Waals surface area contributed by atoms with E-state index >= 15 is 0 Å². The summed E-state index contributed by atoms with van der Waals surface area (Å²) in [6, 6.07) is 15.5. The van der Waals surface area contributed by atoms with Crippen LogP contribution in [-0.4, -0.2) is 68.7 Å². The number of thiocarbonyl (C=S) groups is 1. The molecule has 2 saturated heterocycles. The molecule has 0 N–H and O–H groups in total. The molecule has 180 valence electrons. The minimum Gasteiger partial charge on any atom is -0.353 e. The number of hydrogen-bond acceptors (Lipinski definition) is 7. The Bertz CT molecular complexity index is 1350. The molecular weight excluding hydrogens is 478 g/mol. The van der Waals surface area contributed by atoms with Gasteiger partial charge < -0.3 is 9.80 Å². The van der Waals surface area contributed by atoms with Crippen LogP contribution in [0.4, 0.5) is 5.82 Å². The predicted molar refractivity (Wildman–Crippen MR) is 146 cm³/mol. The lowest BCUT2D eigenvalue weighted by Crippen LogP contribution is -2.47. The molecule has 35 heavy (non-hydrogen) atoms. The second kappa shape index (κ2) is 10.3. The summed E-state index contributed by atoms with van der Waals surface area (Å²) in [6.07, 6.45) is 4.12. The maximum Gasteiger partial charge on any atom is 0.267 e. The number of thioether (sulfide) groups is 1. The van der Waals surface area contributed by atoms with E-state index in [4.69, 9.17) is 17.2 Å². The average molecular weight is 506 g/mol. The van der Waals surface area contributed by atoms with E-state index < -0.39 is 0 Å². The smallest absolute Gasteiger partial charge is 0.267 e. The van der Waals surface area contributed by atoms with E-state index in [0.29, 0.717) is 39.2 Å². The van der Waals surface area contributed by atoms with Gasteiger partial charge in [-0.1, -0.05) is 67.3 Å². The number of amides is 1. The Balaban J connectivity index is 1.48. The lowest BCUT2D eigenvalue weighted by Gasteiger charge is -2.35. The SMILES string of the molecule is CCN1CCN(c2nc3ccccn3c(=O)c2C=C2SC(=S)N(CCc3ccccc3)C2=O)CC1. The summed E-state index contributed by atoms with van der Waals surface area (Å²) in [4.78, 5) is 38.3. The molecule has 0 bridgehead atoms. The Labute approximate surface area is 214 Å². The normalized spacial score (nSPS) is 18.3. The average Bonchev–Trinajstić information content (AvgIpc) is 3.16. The number of nitrogens with zero attached hydrogens (tertiary/aromatic N) is 5. The lowest BCUT2D eigenvalue weighted by molar-refractivity contribution is -0.122. The van der Waals surface area contributed by atoms with E-state index in [9.17, 15) is 9.59 Å². The molecule has 2 aliphatic rings. The first kappa shape index (κ1) is 23.7. The van der Waals surface area contributed by atoms with Gasteiger partial charge in [0.1, 0.15) is 15.8 Å². The molecule has 7 nitrogen and oxygen atoms in total. The number of anilines is 1. The van der Waals surface area contributed by atoms with Crippen LogP contribution in [0.15, 0.2) is 64.4 Å². The van der Waals surface area contributed by atoms with E-state index in [1.807, 2.05) is 48.5 Å². The van der Waals surface area contributed by atoms with Crippen molar-refractivity contribution in [3.63, 3.8) is 0 Å². The number of aromatic nitrogens is 2. The fourth-order valence-electron chi connectivity index (χ4n) is 4.44. The van der Waals surface area contributed by atoms with Crippen molar-refractivity contribution in [1.82, 2.24) is 19.2 Å². The molecule has 1 aromatic carbocycles. The second-order valence-corrected chi connectivity index (χ2v) is 10.2. The van der Waals surface area contributed by atoms with Crippen LogP contribution in [0, 0.1) is 0 Å².